The van der Waals surface area contributed by atoms with Crippen LogP contribution in [0.25, 0.3) is 11.4 Å². The lowest BCUT2D eigenvalue weighted by atomic mass is 10.1. The van der Waals surface area contributed by atoms with Crippen LogP contribution in [0, 0.1) is 0 Å². The van der Waals surface area contributed by atoms with E-state index in [0.29, 0.717) is 17.8 Å². The van der Waals surface area contributed by atoms with E-state index in [-0.39, 0.29) is 16.5 Å². The van der Waals surface area contributed by atoms with Crippen molar-refractivity contribution in [2.75, 3.05) is 12.4 Å². The van der Waals surface area contributed by atoms with Crippen LogP contribution in [0.5, 0.6) is 5.75 Å². The minimum Gasteiger partial charge on any atom is -0.506 e. The molecule has 4 N–H and O–H groups in total. The lowest BCUT2D eigenvalue weighted by Gasteiger charge is -2.13. The number of aromatic amines is 1. The van der Waals surface area contributed by atoms with Crippen molar-refractivity contribution in [2.24, 2.45) is 0 Å². The van der Waals surface area contributed by atoms with Gasteiger partial charge in [0.2, 0.25) is 15.8 Å². The Bertz CT molecular complexity index is 925. The molecule has 2 aromatic heterocycles. The molecule has 0 fully saturated rings. The zero-order valence-electron chi connectivity index (χ0n) is 14.5. The summed E-state index contributed by atoms with van der Waals surface area (Å²) < 4.78 is 26.3. The molecule has 0 unspecified atom stereocenters. The second-order valence-corrected chi connectivity index (χ2v) is 7.63. The highest BCUT2D eigenvalue weighted by molar-refractivity contribution is 7.89. The smallest absolute Gasteiger partial charge is 0.244 e. The lowest BCUT2D eigenvalue weighted by Crippen LogP contribution is -2.19. The molecule has 0 saturated carbocycles. The van der Waals surface area contributed by atoms with Gasteiger partial charge in [0.25, 0.3) is 0 Å². The number of phenols is 1. The molecular formula is C15H20N6O3S2. The van der Waals surface area contributed by atoms with Gasteiger partial charge < -0.3 is 10.4 Å². The van der Waals surface area contributed by atoms with Crippen LogP contribution < -0.4 is 10.0 Å². The molecule has 0 radical (unpaired) electrons. The average Bonchev–Trinajstić information content (AvgIpc) is 3.35. The summed E-state index contributed by atoms with van der Waals surface area (Å²) in [4.78, 5) is 0.826. The van der Waals surface area contributed by atoms with Crippen molar-refractivity contribution < 1.29 is 13.5 Å². The first-order valence-electron chi connectivity index (χ1n) is 7.82. The van der Waals surface area contributed by atoms with E-state index in [1.807, 2.05) is 31.4 Å². The molecule has 0 spiro atoms. The molecule has 9 nitrogen and oxygen atoms in total. The first-order chi connectivity index (χ1) is 12.5. The van der Waals surface area contributed by atoms with Crippen LogP contribution in [-0.4, -0.2) is 41.2 Å². The van der Waals surface area contributed by atoms with Crippen LogP contribution >= 0.6 is 11.3 Å². The Labute approximate surface area is 155 Å². The summed E-state index contributed by atoms with van der Waals surface area (Å²) in [6.07, 6.45) is 0. The Hall–Kier alpha value is -2.50. The molecule has 11 heteroatoms. The lowest BCUT2D eigenvalue weighted by molar-refractivity contribution is 0.458. The van der Waals surface area contributed by atoms with Gasteiger partial charge in [-0.25, -0.2) is 13.1 Å². The summed E-state index contributed by atoms with van der Waals surface area (Å²) in [5.74, 6) is -0.151. The molecule has 1 aromatic carbocycles. The zero-order valence-corrected chi connectivity index (χ0v) is 16.1. The quantitative estimate of drug-likeness (QED) is 0.502. The van der Waals surface area contributed by atoms with E-state index in [9.17, 15) is 13.5 Å². The third-order valence-electron chi connectivity index (χ3n) is 3.28. The summed E-state index contributed by atoms with van der Waals surface area (Å²) in [6, 6.07) is 6.54. The van der Waals surface area contributed by atoms with Gasteiger partial charge in [-0.2, -0.15) is 5.21 Å². The standard InChI is InChI=1S/C13H14N6O3S2.C2H6/c1-14-24(21,22)12-5-9(13-16-18-19-17-13)10(6-11(12)20)15-7-8-3-2-4-23-8;1-2/h2-6,14-15,20H,7H2,1H3,(H,16,17,18,19);1-2H3. The number of rotatable bonds is 6. The number of thiophene rings is 1. The largest absolute Gasteiger partial charge is 0.506 e. The number of phenolic OH excluding ortho intramolecular Hbond substituents is 1. The SMILES string of the molecule is CC.CNS(=O)(=O)c1cc(-c2nn[nH]n2)c(NCc2cccs2)cc1O. The zero-order chi connectivity index (χ0) is 19.2. The number of hydrogen-bond acceptors (Lipinski definition) is 8. The molecule has 140 valence electrons. The van der Waals surface area contributed by atoms with Gasteiger partial charge in [0.1, 0.15) is 10.6 Å². The number of hydrogen-bond donors (Lipinski definition) is 4. The fourth-order valence-corrected chi connectivity index (χ4v) is 3.57. The summed E-state index contributed by atoms with van der Waals surface area (Å²) in [7, 11) is -2.56. The third-order valence-corrected chi connectivity index (χ3v) is 5.60. The molecule has 0 saturated heterocycles. The molecule has 2 heterocycles. The summed E-state index contributed by atoms with van der Waals surface area (Å²) in [5.41, 5.74) is 0.907. The monoisotopic (exact) mass is 396 g/mol. The second-order valence-electron chi connectivity index (χ2n) is 4.74. The van der Waals surface area contributed by atoms with Crippen molar-refractivity contribution >= 4 is 27.0 Å². The van der Waals surface area contributed by atoms with Gasteiger partial charge in [-0.1, -0.05) is 19.9 Å². The minimum atomic E-state index is -3.83. The molecule has 3 aromatic rings. The number of tetrazole rings is 1. The molecule has 26 heavy (non-hydrogen) atoms. The number of aromatic hydroxyl groups is 1. The topological polar surface area (TPSA) is 133 Å². The van der Waals surface area contributed by atoms with Crippen LogP contribution in [0.2, 0.25) is 0 Å². The van der Waals surface area contributed by atoms with E-state index < -0.39 is 10.0 Å². The minimum absolute atomic E-state index is 0.219. The van der Waals surface area contributed by atoms with Crippen molar-refractivity contribution in [3.05, 3.63) is 34.5 Å². The maximum absolute atomic E-state index is 12.0. The van der Waals surface area contributed by atoms with Gasteiger partial charge in [0, 0.05) is 28.7 Å². The fraction of sp³-hybridized carbons (Fsp3) is 0.267. The van der Waals surface area contributed by atoms with Gasteiger partial charge in [-0.05, 0) is 29.8 Å². The molecule has 0 aliphatic heterocycles. The van der Waals surface area contributed by atoms with Gasteiger partial charge in [-0.15, -0.1) is 21.5 Å². The van der Waals surface area contributed by atoms with Crippen LogP contribution in [-0.2, 0) is 16.6 Å². The van der Waals surface area contributed by atoms with E-state index >= 15 is 0 Å². The predicted molar refractivity (Wildman–Crippen MR) is 101 cm³/mol. The highest BCUT2D eigenvalue weighted by atomic mass is 32.2. The number of H-pyrrole nitrogens is 1. The van der Waals surface area contributed by atoms with E-state index in [0.717, 1.165) is 4.88 Å². The van der Waals surface area contributed by atoms with E-state index in [1.54, 1.807) is 11.3 Å². The number of nitrogens with zero attached hydrogens (tertiary/aromatic N) is 3. The number of nitrogens with one attached hydrogen (secondary N) is 3. The van der Waals surface area contributed by atoms with E-state index in [2.05, 4.69) is 30.7 Å². The van der Waals surface area contributed by atoms with Crippen molar-refractivity contribution in [1.82, 2.24) is 25.3 Å². The van der Waals surface area contributed by atoms with E-state index in [4.69, 9.17) is 0 Å². The van der Waals surface area contributed by atoms with Gasteiger partial charge >= 0.3 is 0 Å². The van der Waals surface area contributed by atoms with Crippen LogP contribution in [0.3, 0.4) is 0 Å². The Kier molecular flexibility index (Phi) is 6.66. The van der Waals surface area contributed by atoms with Crippen molar-refractivity contribution in [1.29, 1.82) is 0 Å². The summed E-state index contributed by atoms with van der Waals surface area (Å²) >= 11 is 1.58. The second kappa shape index (κ2) is 8.74. The normalized spacial score (nSPS) is 10.9. The summed E-state index contributed by atoms with van der Waals surface area (Å²) in [5, 5.41) is 28.8. The Balaban J connectivity index is 0.00000117. The first-order valence-corrected chi connectivity index (χ1v) is 10.2. The third kappa shape index (κ3) is 4.36. The molecular weight excluding hydrogens is 376 g/mol. The highest BCUT2D eigenvalue weighted by Crippen LogP contribution is 2.34. The highest BCUT2D eigenvalue weighted by Gasteiger charge is 2.22. The number of sulfonamides is 1. The Morgan fingerprint density at radius 1 is 1.31 bits per heavy atom. The van der Waals surface area contributed by atoms with Gasteiger partial charge in [0.05, 0.1) is 0 Å². The fourth-order valence-electron chi connectivity index (χ4n) is 2.10. The molecule has 0 atom stereocenters. The van der Waals surface area contributed by atoms with E-state index in [1.165, 1.54) is 19.2 Å². The molecule has 3 rings (SSSR count). The molecule has 0 bridgehead atoms. The van der Waals surface area contributed by atoms with Crippen LogP contribution in [0.15, 0.2) is 34.5 Å². The Morgan fingerprint density at radius 3 is 2.65 bits per heavy atom. The molecule has 0 aliphatic rings. The van der Waals surface area contributed by atoms with Crippen molar-refractivity contribution in [3.63, 3.8) is 0 Å². The summed E-state index contributed by atoms with van der Waals surface area (Å²) in [6.45, 7) is 4.51. The molecule has 0 amide bonds. The van der Waals surface area contributed by atoms with Crippen molar-refractivity contribution in [3.8, 4) is 17.1 Å². The maximum Gasteiger partial charge on any atom is 0.244 e. The van der Waals surface area contributed by atoms with Crippen molar-refractivity contribution in [2.45, 2.75) is 25.3 Å². The van der Waals surface area contributed by atoms with Gasteiger partial charge in [-0.3, -0.25) is 0 Å². The van der Waals surface area contributed by atoms with Crippen LogP contribution in [0.4, 0.5) is 5.69 Å². The Morgan fingerprint density at radius 2 is 2.08 bits per heavy atom. The predicted octanol–water partition coefficient (Wildman–Crippen LogP) is 2.18. The number of benzene rings is 1. The average molecular weight is 396 g/mol. The maximum atomic E-state index is 12.0. The van der Waals surface area contributed by atoms with Crippen LogP contribution in [0.1, 0.15) is 18.7 Å². The number of anilines is 1. The number of aromatic nitrogens is 4. The molecule has 0 aliphatic carbocycles. The van der Waals surface area contributed by atoms with Gasteiger partial charge in [0.15, 0.2) is 0 Å². The first kappa shape index (κ1) is 19.8.